The van der Waals surface area contributed by atoms with Crippen molar-refractivity contribution in [1.29, 1.82) is 0 Å². The average Bonchev–Trinajstić information content (AvgIpc) is 2.46. The van der Waals surface area contributed by atoms with E-state index in [9.17, 15) is 5.11 Å². The van der Waals surface area contributed by atoms with Gasteiger partial charge >= 0.3 is 0 Å². The Labute approximate surface area is 127 Å². The van der Waals surface area contributed by atoms with Crippen molar-refractivity contribution in [2.24, 2.45) is 0 Å². The molecule has 0 aliphatic carbocycles. The Morgan fingerprint density at radius 2 is 2.15 bits per heavy atom. The average molecular weight is 345 g/mol. The molecule has 1 saturated heterocycles. The van der Waals surface area contributed by atoms with Gasteiger partial charge in [0.1, 0.15) is 5.82 Å². The highest BCUT2D eigenvalue weighted by Gasteiger charge is 2.29. The first-order valence-corrected chi connectivity index (χ1v) is 7.73. The van der Waals surface area contributed by atoms with Crippen molar-refractivity contribution in [3.63, 3.8) is 0 Å². The summed E-state index contributed by atoms with van der Waals surface area (Å²) in [6.45, 7) is 4.59. The van der Waals surface area contributed by atoms with E-state index in [1.807, 2.05) is 0 Å². The Bertz CT molecular complexity index is 438. The molecule has 3 N–H and O–H groups in total. The van der Waals surface area contributed by atoms with Crippen LogP contribution >= 0.6 is 15.9 Å². The number of hydrogen-bond acceptors (Lipinski definition) is 6. The van der Waals surface area contributed by atoms with Crippen molar-refractivity contribution < 1.29 is 9.84 Å². The molecule has 0 atom stereocenters. The van der Waals surface area contributed by atoms with Crippen LogP contribution in [-0.4, -0.2) is 47.0 Å². The lowest BCUT2D eigenvalue weighted by Gasteiger charge is -2.32. The molecule has 0 spiro atoms. The van der Waals surface area contributed by atoms with Crippen LogP contribution in [0.25, 0.3) is 0 Å². The van der Waals surface area contributed by atoms with Crippen LogP contribution in [0.2, 0.25) is 0 Å². The second-order valence-corrected chi connectivity index (χ2v) is 5.86. The Hall–Kier alpha value is -0.920. The Balaban J connectivity index is 1.97. The van der Waals surface area contributed by atoms with E-state index < -0.39 is 5.60 Å². The van der Waals surface area contributed by atoms with Crippen molar-refractivity contribution in [3.8, 4) is 0 Å². The van der Waals surface area contributed by atoms with Crippen LogP contribution in [0.5, 0.6) is 0 Å². The predicted octanol–water partition coefficient (Wildman–Crippen LogP) is 2.01. The number of halogens is 1. The fourth-order valence-electron chi connectivity index (χ4n) is 1.99. The van der Waals surface area contributed by atoms with Crippen LogP contribution in [0.4, 0.5) is 11.8 Å². The maximum atomic E-state index is 10.4. The van der Waals surface area contributed by atoms with Crippen molar-refractivity contribution in [2.45, 2.75) is 31.8 Å². The Morgan fingerprint density at radius 3 is 2.85 bits per heavy atom. The van der Waals surface area contributed by atoms with E-state index in [2.05, 4.69) is 43.5 Å². The van der Waals surface area contributed by atoms with Gasteiger partial charge in [-0.05, 0) is 22.4 Å². The van der Waals surface area contributed by atoms with E-state index in [1.54, 1.807) is 6.20 Å². The normalized spacial score (nSPS) is 17.8. The zero-order chi connectivity index (χ0) is 14.4. The maximum Gasteiger partial charge on any atom is 0.224 e. The molecule has 0 aromatic carbocycles. The van der Waals surface area contributed by atoms with Crippen LogP contribution in [0.3, 0.4) is 0 Å². The van der Waals surface area contributed by atoms with Gasteiger partial charge in [0, 0.05) is 45.3 Å². The van der Waals surface area contributed by atoms with Gasteiger partial charge in [0.15, 0.2) is 0 Å². The monoisotopic (exact) mass is 344 g/mol. The van der Waals surface area contributed by atoms with Crippen molar-refractivity contribution in [3.05, 3.63) is 10.7 Å². The number of nitrogens with zero attached hydrogens (tertiary/aromatic N) is 2. The smallest absolute Gasteiger partial charge is 0.224 e. The molecule has 1 aromatic heterocycles. The molecule has 0 saturated carbocycles. The third kappa shape index (κ3) is 4.29. The first kappa shape index (κ1) is 15.5. The van der Waals surface area contributed by atoms with E-state index in [-0.39, 0.29) is 0 Å². The topological polar surface area (TPSA) is 79.3 Å². The lowest BCUT2D eigenvalue weighted by atomic mass is 9.94. The van der Waals surface area contributed by atoms with Gasteiger partial charge in [-0.1, -0.05) is 6.92 Å². The minimum Gasteiger partial charge on any atom is -0.388 e. The fourth-order valence-corrected chi connectivity index (χ4v) is 2.32. The number of rotatable bonds is 6. The van der Waals surface area contributed by atoms with Gasteiger partial charge in [0.05, 0.1) is 10.1 Å². The summed E-state index contributed by atoms with van der Waals surface area (Å²) in [7, 11) is 0. The highest BCUT2D eigenvalue weighted by Crippen LogP contribution is 2.24. The van der Waals surface area contributed by atoms with Gasteiger partial charge in [-0.15, -0.1) is 0 Å². The van der Waals surface area contributed by atoms with E-state index in [0.717, 1.165) is 17.4 Å². The minimum absolute atomic E-state index is 0.458. The van der Waals surface area contributed by atoms with Crippen LogP contribution in [-0.2, 0) is 4.74 Å². The molecule has 1 aliphatic rings. The molecule has 2 rings (SSSR count). The van der Waals surface area contributed by atoms with Gasteiger partial charge in [-0.2, -0.15) is 4.98 Å². The Kier molecular flexibility index (Phi) is 5.56. The summed E-state index contributed by atoms with van der Waals surface area (Å²) in [5.74, 6) is 1.29. The second kappa shape index (κ2) is 7.19. The highest BCUT2D eigenvalue weighted by molar-refractivity contribution is 9.10. The predicted molar refractivity (Wildman–Crippen MR) is 82.0 cm³/mol. The molecule has 0 unspecified atom stereocenters. The number of nitrogens with one attached hydrogen (secondary N) is 2. The first-order valence-electron chi connectivity index (χ1n) is 6.93. The molecule has 2 heterocycles. The number of aliphatic hydroxyl groups is 1. The maximum absolute atomic E-state index is 10.4. The fraction of sp³-hybridized carbons (Fsp3) is 0.692. The zero-order valence-corrected chi connectivity index (χ0v) is 13.2. The SMILES string of the molecule is CCCNc1ncc(Br)c(NCC2(O)CCOCC2)n1. The Morgan fingerprint density at radius 1 is 1.40 bits per heavy atom. The van der Waals surface area contributed by atoms with Gasteiger partial charge in [-0.3, -0.25) is 0 Å². The number of ether oxygens (including phenoxy) is 1. The van der Waals surface area contributed by atoms with Crippen molar-refractivity contribution >= 4 is 27.7 Å². The molecule has 0 radical (unpaired) electrons. The summed E-state index contributed by atoms with van der Waals surface area (Å²) in [5.41, 5.74) is -0.723. The molecule has 1 aromatic rings. The van der Waals surface area contributed by atoms with Crippen LogP contribution < -0.4 is 10.6 Å². The summed E-state index contributed by atoms with van der Waals surface area (Å²) in [6, 6.07) is 0. The lowest BCUT2D eigenvalue weighted by Crippen LogP contribution is -2.42. The molecule has 7 heteroatoms. The molecule has 112 valence electrons. The minimum atomic E-state index is -0.723. The van der Waals surface area contributed by atoms with Gasteiger partial charge in [-0.25, -0.2) is 4.98 Å². The van der Waals surface area contributed by atoms with Crippen LogP contribution in [0.15, 0.2) is 10.7 Å². The lowest BCUT2D eigenvalue weighted by molar-refractivity contribution is -0.0543. The molecular weight excluding hydrogens is 324 g/mol. The van der Waals surface area contributed by atoms with Crippen molar-refractivity contribution in [2.75, 3.05) is 36.9 Å². The zero-order valence-electron chi connectivity index (χ0n) is 11.7. The van der Waals surface area contributed by atoms with E-state index in [1.165, 1.54) is 0 Å². The molecule has 6 nitrogen and oxygen atoms in total. The van der Waals surface area contributed by atoms with Gasteiger partial charge in [0.2, 0.25) is 5.95 Å². The molecule has 0 amide bonds. The van der Waals surface area contributed by atoms with Gasteiger partial charge < -0.3 is 20.5 Å². The summed E-state index contributed by atoms with van der Waals surface area (Å²) in [5, 5.41) is 16.8. The van der Waals surface area contributed by atoms with Crippen molar-refractivity contribution in [1.82, 2.24) is 9.97 Å². The number of aromatic nitrogens is 2. The van der Waals surface area contributed by atoms with E-state index in [4.69, 9.17) is 4.74 Å². The summed E-state index contributed by atoms with van der Waals surface area (Å²) >= 11 is 3.42. The summed E-state index contributed by atoms with van der Waals surface area (Å²) < 4.78 is 6.06. The standard InChI is InChI=1S/C13H21BrN4O2/c1-2-5-15-12-16-8-10(14)11(18-12)17-9-13(19)3-6-20-7-4-13/h8,19H,2-7,9H2,1H3,(H2,15,16,17,18). The molecule has 1 fully saturated rings. The van der Waals surface area contributed by atoms with Crippen LogP contribution in [0, 0.1) is 0 Å². The summed E-state index contributed by atoms with van der Waals surface area (Å²) in [4.78, 5) is 8.60. The molecule has 1 aliphatic heterocycles. The second-order valence-electron chi connectivity index (χ2n) is 5.01. The largest absolute Gasteiger partial charge is 0.388 e. The third-order valence-corrected chi connectivity index (χ3v) is 3.87. The van der Waals surface area contributed by atoms with E-state index in [0.29, 0.717) is 44.4 Å². The number of hydrogen-bond donors (Lipinski definition) is 3. The quantitative estimate of drug-likeness (QED) is 0.732. The van der Waals surface area contributed by atoms with E-state index >= 15 is 0 Å². The highest BCUT2D eigenvalue weighted by atomic mass is 79.9. The van der Waals surface area contributed by atoms with Crippen LogP contribution in [0.1, 0.15) is 26.2 Å². The first-order chi connectivity index (χ1) is 9.63. The molecule has 0 bridgehead atoms. The summed E-state index contributed by atoms with van der Waals surface area (Å²) in [6.07, 6.45) is 4.01. The molecule has 20 heavy (non-hydrogen) atoms. The number of anilines is 2. The van der Waals surface area contributed by atoms with Gasteiger partial charge in [0.25, 0.3) is 0 Å². The third-order valence-electron chi connectivity index (χ3n) is 3.29. The molecular formula is C13H21BrN4O2.